The molecule has 1 N–H and O–H groups in total. The van der Waals surface area contributed by atoms with Gasteiger partial charge in [0.2, 0.25) is 0 Å². The van der Waals surface area contributed by atoms with Gasteiger partial charge in [0.05, 0.1) is 11.5 Å². The van der Waals surface area contributed by atoms with Crippen LogP contribution >= 0.6 is 23.2 Å². The second kappa shape index (κ2) is 5.43. The summed E-state index contributed by atoms with van der Waals surface area (Å²) < 4.78 is 0. The van der Waals surface area contributed by atoms with Crippen molar-refractivity contribution in [2.24, 2.45) is 5.41 Å². The van der Waals surface area contributed by atoms with E-state index in [9.17, 15) is 0 Å². The molecule has 0 spiro atoms. The van der Waals surface area contributed by atoms with Crippen LogP contribution in [0, 0.1) is 16.7 Å². The maximum absolute atomic E-state index is 8.86. The zero-order valence-electron chi connectivity index (χ0n) is 9.35. The Bertz CT molecular complexity index is 388. The standard InChI is InChI=1S/C12H14Cl2N2/c1-12(2,8-15)3-4-16-11-6-9(13)5-10(14)7-11/h5-7,16H,3-4H2,1-2H3. The molecule has 0 aliphatic carbocycles. The Morgan fingerprint density at radius 3 is 2.31 bits per heavy atom. The highest BCUT2D eigenvalue weighted by atomic mass is 35.5. The third kappa shape index (κ3) is 4.30. The first-order valence-corrected chi connectivity index (χ1v) is 5.80. The lowest BCUT2D eigenvalue weighted by molar-refractivity contribution is 0.466. The lowest BCUT2D eigenvalue weighted by atomic mass is 9.91. The average molecular weight is 257 g/mol. The minimum Gasteiger partial charge on any atom is -0.385 e. The maximum atomic E-state index is 8.86. The molecular weight excluding hydrogens is 243 g/mol. The summed E-state index contributed by atoms with van der Waals surface area (Å²) in [6.07, 6.45) is 0.771. The summed E-state index contributed by atoms with van der Waals surface area (Å²) in [4.78, 5) is 0. The number of hydrogen-bond donors (Lipinski definition) is 1. The van der Waals surface area contributed by atoms with Crippen molar-refractivity contribution < 1.29 is 0 Å². The molecule has 0 aromatic heterocycles. The van der Waals surface area contributed by atoms with E-state index in [0.717, 1.165) is 18.7 Å². The fourth-order valence-electron chi connectivity index (χ4n) is 1.23. The summed E-state index contributed by atoms with van der Waals surface area (Å²) in [7, 11) is 0. The quantitative estimate of drug-likeness (QED) is 0.870. The smallest absolute Gasteiger partial charge is 0.0684 e. The van der Waals surface area contributed by atoms with Crippen molar-refractivity contribution in [3.63, 3.8) is 0 Å². The average Bonchev–Trinajstić information content (AvgIpc) is 2.16. The molecule has 16 heavy (non-hydrogen) atoms. The summed E-state index contributed by atoms with van der Waals surface area (Å²) in [5.41, 5.74) is 0.571. The van der Waals surface area contributed by atoms with Gasteiger partial charge in [-0.1, -0.05) is 23.2 Å². The van der Waals surface area contributed by atoms with Gasteiger partial charge in [-0.3, -0.25) is 0 Å². The van der Waals surface area contributed by atoms with Gasteiger partial charge in [-0.05, 0) is 38.5 Å². The van der Waals surface area contributed by atoms with Crippen molar-refractivity contribution in [2.45, 2.75) is 20.3 Å². The van der Waals surface area contributed by atoms with Crippen LogP contribution in [0.5, 0.6) is 0 Å². The molecule has 0 radical (unpaired) electrons. The lowest BCUT2D eigenvalue weighted by Crippen LogP contribution is -2.14. The van der Waals surface area contributed by atoms with Crippen LogP contribution in [0.1, 0.15) is 20.3 Å². The molecule has 2 nitrogen and oxygen atoms in total. The Kier molecular flexibility index (Phi) is 4.46. The van der Waals surface area contributed by atoms with E-state index in [1.165, 1.54) is 0 Å². The summed E-state index contributed by atoms with van der Waals surface area (Å²) >= 11 is 11.7. The Morgan fingerprint density at radius 1 is 1.25 bits per heavy atom. The molecule has 0 unspecified atom stereocenters. The van der Waals surface area contributed by atoms with Gasteiger partial charge >= 0.3 is 0 Å². The van der Waals surface area contributed by atoms with Crippen molar-refractivity contribution in [1.82, 2.24) is 0 Å². The fourth-order valence-corrected chi connectivity index (χ4v) is 1.76. The van der Waals surface area contributed by atoms with Gasteiger partial charge in [-0.2, -0.15) is 5.26 Å². The molecule has 4 heteroatoms. The number of halogens is 2. The second-order valence-electron chi connectivity index (χ2n) is 4.33. The van der Waals surface area contributed by atoms with E-state index in [1.54, 1.807) is 6.07 Å². The van der Waals surface area contributed by atoms with Crippen LogP contribution in [0.15, 0.2) is 18.2 Å². The number of benzene rings is 1. The van der Waals surface area contributed by atoms with Crippen molar-refractivity contribution in [3.05, 3.63) is 28.2 Å². The first kappa shape index (κ1) is 13.2. The summed E-state index contributed by atoms with van der Waals surface area (Å²) in [6.45, 7) is 4.55. The molecule has 86 valence electrons. The highest BCUT2D eigenvalue weighted by molar-refractivity contribution is 6.35. The normalized spacial score (nSPS) is 10.9. The molecule has 0 heterocycles. The molecule has 1 rings (SSSR count). The Labute approximate surface area is 106 Å². The summed E-state index contributed by atoms with van der Waals surface area (Å²) in [5.74, 6) is 0. The van der Waals surface area contributed by atoms with Crippen molar-refractivity contribution >= 4 is 28.9 Å². The molecular formula is C12H14Cl2N2. The maximum Gasteiger partial charge on any atom is 0.0684 e. The molecule has 1 aromatic rings. The van der Waals surface area contributed by atoms with E-state index in [4.69, 9.17) is 28.5 Å². The Morgan fingerprint density at radius 2 is 1.81 bits per heavy atom. The third-order valence-corrected chi connectivity index (χ3v) is 2.68. The molecule has 0 fully saturated rings. The number of hydrogen-bond acceptors (Lipinski definition) is 2. The zero-order valence-corrected chi connectivity index (χ0v) is 10.9. The number of anilines is 1. The predicted octanol–water partition coefficient (Wildman–Crippen LogP) is 4.35. The fraction of sp³-hybridized carbons (Fsp3) is 0.417. The summed E-state index contributed by atoms with van der Waals surface area (Å²) in [6, 6.07) is 7.57. The number of nitriles is 1. The third-order valence-electron chi connectivity index (χ3n) is 2.24. The monoisotopic (exact) mass is 256 g/mol. The summed E-state index contributed by atoms with van der Waals surface area (Å²) in [5, 5.41) is 13.3. The van der Waals surface area contributed by atoms with Gasteiger partial charge in [0, 0.05) is 22.3 Å². The molecule has 0 saturated carbocycles. The predicted molar refractivity (Wildman–Crippen MR) is 69.0 cm³/mol. The molecule has 0 bridgehead atoms. The van der Waals surface area contributed by atoms with E-state index >= 15 is 0 Å². The van der Waals surface area contributed by atoms with E-state index in [0.29, 0.717) is 10.0 Å². The second-order valence-corrected chi connectivity index (χ2v) is 5.20. The number of nitrogens with zero attached hydrogens (tertiary/aromatic N) is 1. The van der Waals surface area contributed by atoms with Crippen LogP contribution in [-0.4, -0.2) is 6.54 Å². The molecule has 0 amide bonds. The molecule has 0 aliphatic rings. The van der Waals surface area contributed by atoms with Gasteiger partial charge in [0.15, 0.2) is 0 Å². The minimum absolute atomic E-state index is 0.310. The van der Waals surface area contributed by atoms with Crippen LogP contribution in [0.4, 0.5) is 5.69 Å². The van der Waals surface area contributed by atoms with Gasteiger partial charge in [-0.25, -0.2) is 0 Å². The van der Waals surface area contributed by atoms with Gasteiger partial charge in [-0.15, -0.1) is 0 Å². The van der Waals surface area contributed by atoms with E-state index in [1.807, 2.05) is 26.0 Å². The highest BCUT2D eigenvalue weighted by Gasteiger charge is 2.15. The minimum atomic E-state index is -0.310. The largest absolute Gasteiger partial charge is 0.385 e. The number of rotatable bonds is 4. The van der Waals surface area contributed by atoms with Crippen LogP contribution < -0.4 is 5.32 Å². The Hall–Kier alpha value is -0.910. The van der Waals surface area contributed by atoms with Gasteiger partial charge in [0.25, 0.3) is 0 Å². The van der Waals surface area contributed by atoms with E-state index < -0.39 is 0 Å². The van der Waals surface area contributed by atoms with Crippen LogP contribution in [0.3, 0.4) is 0 Å². The first-order chi connectivity index (χ1) is 7.43. The topological polar surface area (TPSA) is 35.8 Å². The van der Waals surface area contributed by atoms with Gasteiger partial charge in [0.1, 0.15) is 0 Å². The first-order valence-electron chi connectivity index (χ1n) is 5.04. The van der Waals surface area contributed by atoms with Crippen molar-refractivity contribution in [3.8, 4) is 6.07 Å². The zero-order chi connectivity index (χ0) is 12.2. The number of nitrogens with one attached hydrogen (secondary N) is 1. The van der Waals surface area contributed by atoms with Crippen LogP contribution in [0.25, 0.3) is 0 Å². The van der Waals surface area contributed by atoms with Crippen LogP contribution in [0.2, 0.25) is 10.0 Å². The molecule has 0 aliphatic heterocycles. The van der Waals surface area contributed by atoms with E-state index in [-0.39, 0.29) is 5.41 Å². The molecule has 0 saturated heterocycles. The molecule has 0 atom stereocenters. The van der Waals surface area contributed by atoms with Crippen molar-refractivity contribution in [1.29, 1.82) is 5.26 Å². The Balaban J connectivity index is 2.53. The lowest BCUT2D eigenvalue weighted by Gasteiger charge is -2.15. The SMILES string of the molecule is CC(C)(C#N)CCNc1cc(Cl)cc(Cl)c1. The van der Waals surface area contributed by atoms with Crippen molar-refractivity contribution in [2.75, 3.05) is 11.9 Å². The van der Waals surface area contributed by atoms with Crippen LogP contribution in [-0.2, 0) is 0 Å². The molecule has 1 aromatic carbocycles. The van der Waals surface area contributed by atoms with E-state index in [2.05, 4.69) is 11.4 Å². The van der Waals surface area contributed by atoms with Gasteiger partial charge < -0.3 is 5.32 Å². The highest BCUT2D eigenvalue weighted by Crippen LogP contribution is 2.23.